The van der Waals surface area contributed by atoms with Crippen LogP contribution in [0.2, 0.25) is 0 Å². The Bertz CT molecular complexity index is 799. The maximum atomic E-state index is 12.4. The molecule has 1 saturated carbocycles. The summed E-state index contributed by atoms with van der Waals surface area (Å²) >= 11 is 0. The SMILES string of the molecule is CC#CCCC(=O)C=C[C@@H]1[C@H]2CC(=O)O[C@H]2C[C@H]1OC(=O)c1ccccc1. The van der Waals surface area contributed by atoms with Gasteiger partial charge in [0.2, 0.25) is 0 Å². The quantitative estimate of drug-likeness (QED) is 0.440. The van der Waals surface area contributed by atoms with Crippen LogP contribution >= 0.6 is 0 Å². The van der Waals surface area contributed by atoms with Gasteiger partial charge in [-0.2, -0.15) is 0 Å². The van der Waals surface area contributed by atoms with Gasteiger partial charge in [-0.1, -0.05) is 24.3 Å². The molecule has 0 bridgehead atoms. The van der Waals surface area contributed by atoms with Crippen LogP contribution in [0.4, 0.5) is 0 Å². The van der Waals surface area contributed by atoms with Crippen LogP contribution in [0.1, 0.15) is 43.0 Å². The Morgan fingerprint density at radius 2 is 2.07 bits per heavy atom. The molecule has 5 heteroatoms. The molecule has 4 atom stereocenters. The molecule has 3 rings (SSSR count). The number of esters is 2. The molecule has 1 aromatic carbocycles. The molecule has 0 radical (unpaired) electrons. The van der Waals surface area contributed by atoms with Crippen molar-refractivity contribution in [2.75, 3.05) is 0 Å². The number of fused-ring (bicyclic) bond motifs is 1. The van der Waals surface area contributed by atoms with E-state index < -0.39 is 12.1 Å². The van der Waals surface area contributed by atoms with Crippen LogP contribution in [-0.4, -0.2) is 29.9 Å². The number of allylic oxidation sites excluding steroid dienone is 1. The third-order valence-electron chi connectivity index (χ3n) is 5.00. The molecule has 1 aliphatic carbocycles. The van der Waals surface area contributed by atoms with Gasteiger partial charge in [0, 0.05) is 31.1 Å². The Hall–Kier alpha value is -2.87. The lowest BCUT2D eigenvalue weighted by atomic mass is 9.91. The van der Waals surface area contributed by atoms with E-state index in [1.807, 2.05) is 6.07 Å². The van der Waals surface area contributed by atoms with Gasteiger partial charge in [0.25, 0.3) is 0 Å². The smallest absolute Gasteiger partial charge is 0.338 e. The molecule has 2 fully saturated rings. The van der Waals surface area contributed by atoms with Gasteiger partial charge in [-0.25, -0.2) is 4.79 Å². The molecule has 1 aromatic rings. The zero-order chi connectivity index (χ0) is 19.2. The molecule has 1 heterocycles. The highest BCUT2D eigenvalue weighted by Crippen LogP contribution is 2.43. The highest BCUT2D eigenvalue weighted by molar-refractivity contribution is 5.90. The minimum Gasteiger partial charge on any atom is -0.462 e. The van der Waals surface area contributed by atoms with E-state index in [2.05, 4.69) is 11.8 Å². The summed E-state index contributed by atoms with van der Waals surface area (Å²) in [6.07, 6.45) is 4.23. The van der Waals surface area contributed by atoms with E-state index in [4.69, 9.17) is 9.47 Å². The summed E-state index contributed by atoms with van der Waals surface area (Å²) in [7, 11) is 0. The van der Waals surface area contributed by atoms with Crippen LogP contribution in [0.5, 0.6) is 0 Å². The molecular weight excluding hydrogens is 344 g/mol. The third-order valence-corrected chi connectivity index (χ3v) is 5.00. The monoisotopic (exact) mass is 366 g/mol. The average molecular weight is 366 g/mol. The molecule has 0 spiro atoms. The van der Waals surface area contributed by atoms with Crippen molar-refractivity contribution in [3.8, 4) is 11.8 Å². The fourth-order valence-corrected chi connectivity index (χ4v) is 3.68. The van der Waals surface area contributed by atoms with Gasteiger partial charge in [0.1, 0.15) is 12.2 Å². The van der Waals surface area contributed by atoms with E-state index in [0.29, 0.717) is 24.8 Å². The van der Waals surface area contributed by atoms with E-state index in [9.17, 15) is 14.4 Å². The number of benzene rings is 1. The fourth-order valence-electron chi connectivity index (χ4n) is 3.68. The average Bonchev–Trinajstić information content (AvgIpc) is 3.16. The second-order valence-electron chi connectivity index (χ2n) is 6.77. The standard InChI is InChI=1S/C22H22O5/c1-2-3-5-10-16(23)11-12-17-18-13-21(24)26-20(18)14-19(17)27-22(25)15-8-6-4-7-9-15/h4,6-9,11-12,17-20H,5,10,13-14H2,1H3/t17-,18-,19-,20+/m1/s1. The largest absolute Gasteiger partial charge is 0.462 e. The van der Waals surface area contributed by atoms with Crippen LogP contribution < -0.4 is 0 Å². The molecular formula is C22H22O5. The summed E-state index contributed by atoms with van der Waals surface area (Å²) in [5, 5.41) is 0. The van der Waals surface area contributed by atoms with Gasteiger partial charge in [-0.3, -0.25) is 9.59 Å². The molecule has 0 aromatic heterocycles. The van der Waals surface area contributed by atoms with Crippen LogP contribution in [-0.2, 0) is 19.1 Å². The normalized spacial score (nSPS) is 26.2. The van der Waals surface area contributed by atoms with Crippen molar-refractivity contribution in [3.05, 3.63) is 48.0 Å². The first-order chi connectivity index (χ1) is 13.1. The fraction of sp³-hybridized carbons (Fsp3) is 0.409. The minimum atomic E-state index is -0.416. The Morgan fingerprint density at radius 3 is 2.81 bits per heavy atom. The highest BCUT2D eigenvalue weighted by atomic mass is 16.6. The molecule has 140 valence electrons. The lowest BCUT2D eigenvalue weighted by Crippen LogP contribution is -2.24. The van der Waals surface area contributed by atoms with Crippen molar-refractivity contribution in [2.24, 2.45) is 11.8 Å². The third kappa shape index (κ3) is 4.65. The molecule has 2 aliphatic rings. The van der Waals surface area contributed by atoms with Gasteiger partial charge in [0.15, 0.2) is 5.78 Å². The summed E-state index contributed by atoms with van der Waals surface area (Å²) in [5.41, 5.74) is 0.475. The molecule has 27 heavy (non-hydrogen) atoms. The second kappa shape index (κ2) is 8.68. The maximum absolute atomic E-state index is 12.4. The summed E-state index contributed by atoms with van der Waals surface area (Å²) in [6, 6.07) is 8.77. The Morgan fingerprint density at radius 1 is 1.30 bits per heavy atom. The number of hydrogen-bond donors (Lipinski definition) is 0. The first-order valence-electron chi connectivity index (χ1n) is 9.14. The number of hydrogen-bond acceptors (Lipinski definition) is 5. The summed E-state index contributed by atoms with van der Waals surface area (Å²) in [6.45, 7) is 1.74. The minimum absolute atomic E-state index is 0.0282. The van der Waals surface area contributed by atoms with Crippen LogP contribution in [0.25, 0.3) is 0 Å². The molecule has 0 amide bonds. The van der Waals surface area contributed by atoms with Crippen molar-refractivity contribution in [3.63, 3.8) is 0 Å². The van der Waals surface area contributed by atoms with Crippen molar-refractivity contribution in [1.29, 1.82) is 0 Å². The van der Waals surface area contributed by atoms with Gasteiger partial charge in [-0.05, 0) is 25.1 Å². The molecule has 0 N–H and O–H groups in total. The van der Waals surface area contributed by atoms with Crippen LogP contribution in [0.3, 0.4) is 0 Å². The number of carbonyl (C=O) groups is 3. The van der Waals surface area contributed by atoms with E-state index in [1.54, 1.807) is 37.3 Å². The van der Waals surface area contributed by atoms with Gasteiger partial charge < -0.3 is 9.47 Å². The van der Waals surface area contributed by atoms with Gasteiger partial charge in [-0.15, -0.1) is 11.8 Å². The van der Waals surface area contributed by atoms with E-state index in [1.165, 1.54) is 6.08 Å². The van der Waals surface area contributed by atoms with Crippen molar-refractivity contribution < 1.29 is 23.9 Å². The Labute approximate surface area is 158 Å². The number of carbonyl (C=O) groups excluding carboxylic acids is 3. The highest BCUT2D eigenvalue weighted by Gasteiger charge is 2.50. The van der Waals surface area contributed by atoms with Crippen molar-refractivity contribution in [1.82, 2.24) is 0 Å². The van der Waals surface area contributed by atoms with Gasteiger partial charge >= 0.3 is 11.9 Å². The molecule has 5 nitrogen and oxygen atoms in total. The predicted molar refractivity (Wildman–Crippen MR) is 98.6 cm³/mol. The zero-order valence-electron chi connectivity index (χ0n) is 15.2. The number of rotatable bonds is 6. The number of ether oxygens (including phenoxy) is 2. The number of ketones is 1. The van der Waals surface area contributed by atoms with Crippen LogP contribution in [0.15, 0.2) is 42.5 Å². The van der Waals surface area contributed by atoms with E-state index in [-0.39, 0.29) is 36.1 Å². The summed E-state index contributed by atoms with van der Waals surface area (Å²) in [4.78, 5) is 36.1. The van der Waals surface area contributed by atoms with E-state index >= 15 is 0 Å². The Balaban J connectivity index is 1.70. The predicted octanol–water partition coefficient (Wildman–Crippen LogP) is 3.09. The maximum Gasteiger partial charge on any atom is 0.338 e. The molecule has 0 unspecified atom stereocenters. The van der Waals surface area contributed by atoms with Crippen LogP contribution in [0, 0.1) is 23.7 Å². The molecule has 1 aliphatic heterocycles. The lowest BCUT2D eigenvalue weighted by Gasteiger charge is -2.20. The first-order valence-corrected chi connectivity index (χ1v) is 9.14. The van der Waals surface area contributed by atoms with Gasteiger partial charge in [0.05, 0.1) is 12.0 Å². The zero-order valence-corrected chi connectivity index (χ0v) is 15.2. The van der Waals surface area contributed by atoms with Crippen molar-refractivity contribution in [2.45, 2.75) is 44.8 Å². The lowest BCUT2D eigenvalue weighted by molar-refractivity contribution is -0.141. The van der Waals surface area contributed by atoms with Crippen molar-refractivity contribution >= 4 is 17.7 Å². The second-order valence-corrected chi connectivity index (χ2v) is 6.77. The van der Waals surface area contributed by atoms with E-state index in [0.717, 1.165) is 0 Å². The summed E-state index contributed by atoms with van der Waals surface area (Å²) in [5.74, 6) is 4.68. The molecule has 1 saturated heterocycles. The Kier molecular flexibility index (Phi) is 6.08. The first kappa shape index (κ1) is 18.9. The summed E-state index contributed by atoms with van der Waals surface area (Å²) < 4.78 is 11.0. The topological polar surface area (TPSA) is 69.7 Å².